The van der Waals surface area contributed by atoms with Crippen molar-refractivity contribution >= 4 is 5.91 Å². The zero-order chi connectivity index (χ0) is 19.5. The van der Waals surface area contributed by atoms with E-state index in [2.05, 4.69) is 52.2 Å². The summed E-state index contributed by atoms with van der Waals surface area (Å²) in [5.41, 5.74) is 2.04. The number of aromatic nitrogens is 1. The number of carbonyl (C=O) groups is 1. The lowest BCUT2D eigenvalue weighted by molar-refractivity contribution is 0.0318. The van der Waals surface area contributed by atoms with Crippen LogP contribution in [0.3, 0.4) is 0 Å². The van der Waals surface area contributed by atoms with Gasteiger partial charge in [-0.3, -0.25) is 4.79 Å². The second-order valence-corrected chi connectivity index (χ2v) is 7.93. The van der Waals surface area contributed by atoms with Gasteiger partial charge in [0.2, 0.25) is 5.88 Å². The van der Waals surface area contributed by atoms with Crippen LogP contribution in [0.5, 0.6) is 5.88 Å². The van der Waals surface area contributed by atoms with Crippen molar-refractivity contribution in [2.24, 2.45) is 0 Å². The molecule has 3 atom stereocenters. The quantitative estimate of drug-likeness (QED) is 0.818. The smallest absolute Gasteiger partial charge is 0.255 e. The molecule has 0 N–H and O–H groups in total. The number of likely N-dealkylation sites (N-methyl/N-ethyl adjacent to an activating group) is 1. The number of fused-ring (bicyclic) bond motifs is 1. The molecule has 2 aliphatic heterocycles. The highest BCUT2D eigenvalue weighted by atomic mass is 16.5. The van der Waals surface area contributed by atoms with Gasteiger partial charge < -0.3 is 14.5 Å². The second-order valence-electron chi connectivity index (χ2n) is 7.93. The SMILES string of the molecule is COc1ccc(C(=O)N2CC[C@H](c3ccccc3)[C@@H]3[C@H]2CCCCN3C)cn1. The number of nitrogens with zero attached hydrogens (tertiary/aromatic N) is 3. The summed E-state index contributed by atoms with van der Waals surface area (Å²) in [5, 5.41) is 0. The number of piperidine rings is 1. The standard InChI is InChI=1S/C23H29N3O2/c1-25-14-7-6-10-20-22(25)19(17-8-4-3-5-9-17)13-15-26(20)23(27)18-11-12-21(28-2)24-16-18/h3-5,8-9,11-12,16,19-20,22H,6-7,10,13-15H2,1-2H3/t19-,20-,22-/m1/s1. The minimum Gasteiger partial charge on any atom is -0.481 e. The number of pyridine rings is 1. The number of rotatable bonds is 3. The molecule has 2 fully saturated rings. The lowest BCUT2D eigenvalue weighted by Gasteiger charge is -2.48. The zero-order valence-corrected chi connectivity index (χ0v) is 16.8. The lowest BCUT2D eigenvalue weighted by Crippen LogP contribution is -2.58. The van der Waals surface area contributed by atoms with E-state index in [1.165, 1.54) is 12.0 Å². The Morgan fingerprint density at radius 2 is 1.89 bits per heavy atom. The first-order valence-corrected chi connectivity index (χ1v) is 10.2. The van der Waals surface area contributed by atoms with E-state index in [-0.39, 0.29) is 11.9 Å². The number of ether oxygens (including phenoxy) is 1. The molecule has 2 aromatic rings. The van der Waals surface area contributed by atoms with Crippen molar-refractivity contribution in [3.8, 4) is 5.88 Å². The van der Waals surface area contributed by atoms with Crippen LogP contribution >= 0.6 is 0 Å². The van der Waals surface area contributed by atoms with Gasteiger partial charge in [-0.25, -0.2) is 4.98 Å². The van der Waals surface area contributed by atoms with E-state index in [9.17, 15) is 4.79 Å². The van der Waals surface area contributed by atoms with Crippen LogP contribution < -0.4 is 4.74 Å². The number of carbonyl (C=O) groups excluding carboxylic acids is 1. The van der Waals surface area contributed by atoms with Crippen LogP contribution in [0.25, 0.3) is 0 Å². The molecule has 0 unspecified atom stereocenters. The summed E-state index contributed by atoms with van der Waals surface area (Å²) in [6, 6.07) is 15.0. The van der Waals surface area contributed by atoms with Gasteiger partial charge in [-0.15, -0.1) is 0 Å². The van der Waals surface area contributed by atoms with Gasteiger partial charge in [0.25, 0.3) is 5.91 Å². The maximum atomic E-state index is 13.3. The van der Waals surface area contributed by atoms with Gasteiger partial charge in [0.15, 0.2) is 0 Å². The van der Waals surface area contributed by atoms with Crippen LogP contribution in [0.2, 0.25) is 0 Å². The van der Waals surface area contributed by atoms with Crippen molar-refractivity contribution < 1.29 is 9.53 Å². The molecular weight excluding hydrogens is 350 g/mol. The summed E-state index contributed by atoms with van der Waals surface area (Å²) in [7, 11) is 3.81. The third-order valence-electron chi connectivity index (χ3n) is 6.34. The Morgan fingerprint density at radius 3 is 2.61 bits per heavy atom. The number of amides is 1. The van der Waals surface area contributed by atoms with E-state index in [1.807, 2.05) is 6.07 Å². The molecule has 5 nitrogen and oxygen atoms in total. The van der Waals surface area contributed by atoms with Gasteiger partial charge in [-0.1, -0.05) is 36.8 Å². The number of likely N-dealkylation sites (tertiary alicyclic amines) is 2. The van der Waals surface area contributed by atoms with Crippen LogP contribution in [0.4, 0.5) is 0 Å². The fourth-order valence-electron chi connectivity index (χ4n) is 4.97. The number of methoxy groups -OCH3 is 1. The van der Waals surface area contributed by atoms with E-state index in [4.69, 9.17) is 4.74 Å². The van der Waals surface area contributed by atoms with Gasteiger partial charge >= 0.3 is 0 Å². The van der Waals surface area contributed by atoms with E-state index in [0.29, 0.717) is 23.4 Å². The summed E-state index contributed by atoms with van der Waals surface area (Å²) in [6.45, 7) is 1.88. The molecule has 2 aliphatic rings. The average Bonchev–Trinajstić information content (AvgIpc) is 2.95. The number of hydrogen-bond acceptors (Lipinski definition) is 4. The van der Waals surface area contributed by atoms with Crippen LogP contribution in [-0.4, -0.2) is 60.0 Å². The number of hydrogen-bond donors (Lipinski definition) is 0. The van der Waals surface area contributed by atoms with Crippen molar-refractivity contribution in [3.63, 3.8) is 0 Å². The highest BCUT2D eigenvalue weighted by Gasteiger charge is 2.43. The van der Waals surface area contributed by atoms with Gasteiger partial charge in [0.05, 0.1) is 12.7 Å². The predicted octanol–water partition coefficient (Wildman–Crippen LogP) is 3.57. The third kappa shape index (κ3) is 3.63. The molecule has 28 heavy (non-hydrogen) atoms. The largest absolute Gasteiger partial charge is 0.481 e. The normalized spacial score (nSPS) is 25.6. The van der Waals surface area contributed by atoms with Crippen LogP contribution in [0.15, 0.2) is 48.7 Å². The molecule has 0 saturated carbocycles. The zero-order valence-electron chi connectivity index (χ0n) is 16.8. The minimum atomic E-state index is 0.0898. The Kier molecular flexibility index (Phi) is 5.62. The molecule has 0 aliphatic carbocycles. The van der Waals surface area contributed by atoms with E-state index < -0.39 is 0 Å². The maximum Gasteiger partial charge on any atom is 0.255 e. The Balaban J connectivity index is 1.63. The van der Waals surface area contributed by atoms with Crippen molar-refractivity contribution in [1.82, 2.24) is 14.8 Å². The van der Waals surface area contributed by atoms with Crippen LogP contribution in [0.1, 0.15) is 47.5 Å². The van der Waals surface area contributed by atoms with E-state index in [0.717, 1.165) is 32.4 Å². The van der Waals surface area contributed by atoms with Crippen molar-refractivity contribution in [3.05, 3.63) is 59.8 Å². The first-order valence-electron chi connectivity index (χ1n) is 10.2. The van der Waals surface area contributed by atoms with E-state index in [1.54, 1.807) is 19.4 Å². The molecule has 0 bridgehead atoms. The number of benzene rings is 1. The van der Waals surface area contributed by atoms with Gasteiger partial charge in [0.1, 0.15) is 0 Å². The summed E-state index contributed by atoms with van der Waals surface area (Å²) < 4.78 is 5.13. The molecule has 0 radical (unpaired) electrons. The van der Waals surface area contributed by atoms with Crippen molar-refractivity contribution in [1.29, 1.82) is 0 Å². The van der Waals surface area contributed by atoms with Crippen LogP contribution in [-0.2, 0) is 0 Å². The fourth-order valence-corrected chi connectivity index (χ4v) is 4.97. The molecule has 1 amide bonds. The predicted molar refractivity (Wildman–Crippen MR) is 110 cm³/mol. The summed E-state index contributed by atoms with van der Waals surface area (Å²) >= 11 is 0. The lowest BCUT2D eigenvalue weighted by atomic mass is 9.79. The van der Waals surface area contributed by atoms with Gasteiger partial charge in [0, 0.05) is 36.8 Å². The van der Waals surface area contributed by atoms with E-state index >= 15 is 0 Å². The molecule has 2 saturated heterocycles. The molecule has 148 valence electrons. The van der Waals surface area contributed by atoms with Crippen molar-refractivity contribution in [2.45, 2.75) is 43.7 Å². The maximum absolute atomic E-state index is 13.3. The van der Waals surface area contributed by atoms with Crippen molar-refractivity contribution in [2.75, 3.05) is 27.2 Å². The molecule has 1 aromatic heterocycles. The topological polar surface area (TPSA) is 45.7 Å². The van der Waals surface area contributed by atoms with Gasteiger partial charge in [-0.05, 0) is 44.5 Å². The molecule has 5 heteroatoms. The highest BCUT2D eigenvalue weighted by molar-refractivity contribution is 5.94. The Bertz CT molecular complexity index is 793. The highest BCUT2D eigenvalue weighted by Crippen LogP contribution is 2.38. The third-order valence-corrected chi connectivity index (χ3v) is 6.34. The minimum absolute atomic E-state index is 0.0898. The Hall–Kier alpha value is -2.40. The molecule has 4 rings (SSSR count). The summed E-state index contributed by atoms with van der Waals surface area (Å²) in [4.78, 5) is 22.2. The average molecular weight is 380 g/mol. The summed E-state index contributed by atoms with van der Waals surface area (Å²) in [5.74, 6) is 1.09. The second kappa shape index (κ2) is 8.31. The van der Waals surface area contributed by atoms with Crippen LogP contribution in [0, 0.1) is 0 Å². The monoisotopic (exact) mass is 379 g/mol. The molecule has 1 aromatic carbocycles. The first kappa shape index (κ1) is 18.9. The Labute approximate surface area is 167 Å². The Morgan fingerprint density at radius 1 is 1.07 bits per heavy atom. The summed E-state index contributed by atoms with van der Waals surface area (Å²) in [6.07, 6.45) is 6.05. The molecular formula is C23H29N3O2. The molecule has 0 spiro atoms. The first-order chi connectivity index (χ1) is 13.7. The molecule has 3 heterocycles. The fraction of sp³-hybridized carbons (Fsp3) is 0.478. The van der Waals surface area contributed by atoms with Gasteiger partial charge in [-0.2, -0.15) is 0 Å².